The van der Waals surface area contributed by atoms with Crippen LogP contribution in [0.1, 0.15) is 28.8 Å². The van der Waals surface area contributed by atoms with E-state index in [0.29, 0.717) is 5.69 Å². The quantitative estimate of drug-likeness (QED) is 0.627. The number of benzene rings is 2. The Balaban J connectivity index is 1.31. The molecular weight excluding hydrogens is 432 g/mol. The number of aliphatic hydroxyl groups excluding tert-OH is 2. The lowest BCUT2D eigenvalue weighted by atomic mass is 9.88. The predicted octanol–water partition coefficient (Wildman–Crippen LogP) is 2.75. The van der Waals surface area contributed by atoms with E-state index in [9.17, 15) is 19.8 Å². The molecule has 2 aromatic carbocycles. The van der Waals surface area contributed by atoms with Crippen molar-refractivity contribution in [2.75, 3.05) is 19.8 Å². The number of rotatable bonds is 4. The molecule has 1 saturated heterocycles. The van der Waals surface area contributed by atoms with Gasteiger partial charge in [0.25, 0.3) is 5.56 Å². The molecule has 0 spiro atoms. The Morgan fingerprint density at radius 2 is 1.53 bits per heavy atom. The molecule has 1 aromatic heterocycles. The topological polar surface area (TPSA) is 92.0 Å². The van der Waals surface area contributed by atoms with Crippen LogP contribution in [-0.4, -0.2) is 51.6 Å². The van der Waals surface area contributed by atoms with Crippen LogP contribution in [-0.2, 0) is 11.3 Å². The molecule has 3 heterocycles. The zero-order chi connectivity index (χ0) is 23.4. The average molecular weight is 459 g/mol. The Hall–Kier alpha value is -3.42. The van der Waals surface area contributed by atoms with Gasteiger partial charge in [-0.25, -0.2) is 4.79 Å². The number of aromatic nitrogens is 1. The minimum absolute atomic E-state index is 0.0593. The SMILES string of the molecule is O=C(OCC1c2ccccc2-c2ccccc21)N1C2Cn3c(cccc3=O)C1C(CO)C2CO. The molecule has 2 bridgehead atoms. The highest BCUT2D eigenvalue weighted by atomic mass is 16.6. The van der Waals surface area contributed by atoms with E-state index in [0.717, 1.165) is 22.3 Å². The van der Waals surface area contributed by atoms with Gasteiger partial charge in [0.2, 0.25) is 0 Å². The number of ether oxygens (including phenoxy) is 1. The molecule has 0 radical (unpaired) electrons. The lowest BCUT2D eigenvalue weighted by molar-refractivity contribution is 0.0588. The first-order valence-corrected chi connectivity index (χ1v) is 11.7. The number of aliphatic hydroxyl groups is 2. The Bertz CT molecular complexity index is 1270. The zero-order valence-electron chi connectivity index (χ0n) is 18.6. The van der Waals surface area contributed by atoms with Crippen LogP contribution in [0.3, 0.4) is 0 Å². The maximum absolute atomic E-state index is 13.5. The molecular formula is C27H26N2O5. The fourth-order valence-electron chi connectivity index (χ4n) is 6.31. The standard InChI is InChI=1S/C27H26N2O5/c30-13-20-21(14-31)26-23-10-5-11-25(32)28(23)12-24(20)29(26)27(33)34-15-22-18-8-3-1-6-16(18)17-7-2-4-9-19(17)22/h1-11,20-22,24,26,30-31H,12-15H2. The van der Waals surface area contributed by atoms with Gasteiger partial charge < -0.3 is 19.5 Å². The summed E-state index contributed by atoms with van der Waals surface area (Å²) in [6.07, 6.45) is -0.478. The normalized spacial score (nSPS) is 24.5. The van der Waals surface area contributed by atoms with E-state index in [2.05, 4.69) is 24.3 Å². The number of fused-ring (bicyclic) bond motifs is 7. The maximum atomic E-state index is 13.5. The molecule has 2 aliphatic heterocycles. The van der Waals surface area contributed by atoms with Gasteiger partial charge in [-0.3, -0.25) is 9.69 Å². The summed E-state index contributed by atoms with van der Waals surface area (Å²) >= 11 is 0. The van der Waals surface area contributed by atoms with Crippen LogP contribution in [0.15, 0.2) is 71.5 Å². The van der Waals surface area contributed by atoms with Crippen molar-refractivity contribution in [3.8, 4) is 11.1 Å². The van der Waals surface area contributed by atoms with Crippen molar-refractivity contribution in [1.82, 2.24) is 9.47 Å². The van der Waals surface area contributed by atoms with E-state index in [-0.39, 0.29) is 49.7 Å². The number of amides is 1. The number of hydrogen-bond acceptors (Lipinski definition) is 5. The van der Waals surface area contributed by atoms with Gasteiger partial charge in [-0.1, -0.05) is 54.6 Å². The van der Waals surface area contributed by atoms with Gasteiger partial charge in [0.05, 0.1) is 12.1 Å². The highest BCUT2D eigenvalue weighted by Gasteiger charge is 2.55. The molecule has 4 unspecified atom stereocenters. The highest BCUT2D eigenvalue weighted by Crippen LogP contribution is 2.49. The number of nitrogens with zero attached hydrogens (tertiary/aromatic N) is 2. The van der Waals surface area contributed by atoms with E-state index < -0.39 is 18.2 Å². The third-order valence-electron chi connectivity index (χ3n) is 7.83. The fraction of sp³-hybridized carbons (Fsp3) is 0.333. The van der Waals surface area contributed by atoms with Crippen LogP contribution < -0.4 is 5.56 Å². The summed E-state index contributed by atoms with van der Waals surface area (Å²) in [7, 11) is 0. The lowest BCUT2D eigenvalue weighted by Crippen LogP contribution is -2.49. The molecule has 34 heavy (non-hydrogen) atoms. The predicted molar refractivity (Wildman–Crippen MR) is 125 cm³/mol. The van der Waals surface area contributed by atoms with E-state index in [1.54, 1.807) is 15.5 Å². The number of hydrogen-bond donors (Lipinski definition) is 2. The monoisotopic (exact) mass is 458 g/mol. The second-order valence-electron chi connectivity index (χ2n) is 9.32. The van der Waals surface area contributed by atoms with Gasteiger partial charge in [0.1, 0.15) is 6.61 Å². The molecule has 7 nitrogen and oxygen atoms in total. The summed E-state index contributed by atoms with van der Waals surface area (Å²) in [5.74, 6) is -0.767. The van der Waals surface area contributed by atoms with Crippen molar-refractivity contribution < 1.29 is 19.7 Å². The van der Waals surface area contributed by atoms with Gasteiger partial charge in [-0.05, 0) is 28.3 Å². The summed E-state index contributed by atoms with van der Waals surface area (Å²) in [6.45, 7) is 0.0975. The first kappa shape index (κ1) is 21.1. The Morgan fingerprint density at radius 1 is 0.882 bits per heavy atom. The van der Waals surface area contributed by atoms with Crippen molar-refractivity contribution in [3.05, 3.63) is 93.9 Å². The smallest absolute Gasteiger partial charge is 0.410 e. The van der Waals surface area contributed by atoms with Crippen LogP contribution in [0.4, 0.5) is 4.79 Å². The highest BCUT2D eigenvalue weighted by molar-refractivity contribution is 5.79. The number of carbonyl (C=O) groups excluding carboxylic acids is 1. The molecule has 3 aromatic rings. The van der Waals surface area contributed by atoms with Crippen LogP contribution in [0.2, 0.25) is 0 Å². The summed E-state index contributed by atoms with van der Waals surface area (Å²) in [4.78, 5) is 27.6. The van der Waals surface area contributed by atoms with E-state index >= 15 is 0 Å². The third kappa shape index (κ3) is 2.97. The second-order valence-corrected chi connectivity index (χ2v) is 9.32. The van der Waals surface area contributed by atoms with Gasteiger partial charge in [-0.15, -0.1) is 0 Å². The first-order chi connectivity index (χ1) is 16.6. The van der Waals surface area contributed by atoms with E-state index in [1.807, 2.05) is 30.3 Å². The lowest BCUT2D eigenvalue weighted by Gasteiger charge is -2.37. The fourth-order valence-corrected chi connectivity index (χ4v) is 6.31. The molecule has 0 saturated carbocycles. The van der Waals surface area contributed by atoms with Crippen molar-refractivity contribution in [1.29, 1.82) is 0 Å². The summed E-state index contributed by atoms with van der Waals surface area (Å²) in [5, 5.41) is 20.3. The molecule has 7 heteroatoms. The summed E-state index contributed by atoms with van der Waals surface area (Å²) in [5.41, 5.74) is 5.12. The van der Waals surface area contributed by atoms with Crippen LogP contribution in [0.25, 0.3) is 11.1 Å². The molecule has 1 aliphatic carbocycles. The van der Waals surface area contributed by atoms with Crippen LogP contribution >= 0.6 is 0 Å². The molecule has 3 aliphatic rings. The van der Waals surface area contributed by atoms with Crippen LogP contribution in [0.5, 0.6) is 0 Å². The summed E-state index contributed by atoms with van der Waals surface area (Å²) < 4.78 is 7.58. The Kier molecular flexibility index (Phi) is 5.04. The first-order valence-electron chi connectivity index (χ1n) is 11.7. The van der Waals surface area contributed by atoms with E-state index in [1.165, 1.54) is 6.07 Å². The van der Waals surface area contributed by atoms with Crippen molar-refractivity contribution >= 4 is 6.09 Å². The van der Waals surface area contributed by atoms with Crippen molar-refractivity contribution in [2.45, 2.75) is 24.5 Å². The van der Waals surface area contributed by atoms with Gasteiger partial charge in [0.15, 0.2) is 0 Å². The minimum Gasteiger partial charge on any atom is -0.448 e. The molecule has 4 atom stereocenters. The average Bonchev–Trinajstić information content (AvgIpc) is 3.31. The van der Waals surface area contributed by atoms with Crippen molar-refractivity contribution in [3.63, 3.8) is 0 Å². The Morgan fingerprint density at radius 3 is 2.18 bits per heavy atom. The van der Waals surface area contributed by atoms with Crippen LogP contribution in [0, 0.1) is 11.8 Å². The van der Waals surface area contributed by atoms with Gasteiger partial charge >= 0.3 is 6.09 Å². The maximum Gasteiger partial charge on any atom is 0.410 e. The number of pyridine rings is 1. The minimum atomic E-state index is -0.523. The van der Waals surface area contributed by atoms with E-state index in [4.69, 9.17) is 4.74 Å². The zero-order valence-corrected chi connectivity index (χ0v) is 18.6. The number of carbonyl (C=O) groups is 1. The van der Waals surface area contributed by atoms with Gasteiger partial charge in [-0.2, -0.15) is 0 Å². The molecule has 6 rings (SSSR count). The Labute approximate surface area is 196 Å². The third-order valence-corrected chi connectivity index (χ3v) is 7.83. The molecule has 1 amide bonds. The molecule has 174 valence electrons. The largest absolute Gasteiger partial charge is 0.448 e. The van der Waals surface area contributed by atoms with Gasteiger partial charge in [0, 0.05) is 49.3 Å². The summed E-state index contributed by atoms with van der Waals surface area (Å²) in [6, 6.07) is 20.4. The van der Waals surface area contributed by atoms with Crippen molar-refractivity contribution in [2.24, 2.45) is 11.8 Å². The molecule has 2 N–H and O–H groups in total. The molecule has 1 fully saturated rings. The second kappa shape index (κ2) is 8.11.